The second-order valence-electron chi connectivity index (χ2n) is 12.5. The first kappa shape index (κ1) is 35.6. The van der Waals surface area contributed by atoms with Crippen molar-refractivity contribution in [2.24, 2.45) is 5.73 Å². The highest BCUT2D eigenvalue weighted by atomic mass is 32.2. The van der Waals surface area contributed by atoms with Gasteiger partial charge in [0.1, 0.15) is 12.1 Å². The minimum Gasteiger partial charge on any atom is -0.368 e. The first-order valence-electron chi connectivity index (χ1n) is 16.3. The molecule has 5 rings (SSSR count). The highest BCUT2D eigenvalue weighted by molar-refractivity contribution is 7.89. The Morgan fingerprint density at radius 1 is 0.898 bits per heavy atom. The Labute approximate surface area is 291 Å². The summed E-state index contributed by atoms with van der Waals surface area (Å²) in [5, 5.41) is 4.82. The summed E-state index contributed by atoms with van der Waals surface area (Å²) in [5.41, 5.74) is 12.3. The minimum absolute atomic E-state index is 0.00809. The van der Waals surface area contributed by atoms with Crippen LogP contribution in [-0.2, 0) is 32.5 Å². The third-order valence-electron chi connectivity index (χ3n) is 8.75. The summed E-state index contributed by atoms with van der Waals surface area (Å²) in [6.07, 6.45) is 2.40. The molecular formula is C38H42N4O5S2. The van der Waals surface area contributed by atoms with Crippen LogP contribution in [0.3, 0.4) is 0 Å². The second kappa shape index (κ2) is 15.2. The summed E-state index contributed by atoms with van der Waals surface area (Å²) in [6, 6.07) is 19.7. The number of nitrogens with zero attached hydrogens (tertiary/aromatic N) is 2. The molecule has 0 saturated carbocycles. The highest BCUT2D eigenvalue weighted by Crippen LogP contribution is 2.27. The zero-order chi connectivity index (χ0) is 35.3. The van der Waals surface area contributed by atoms with Gasteiger partial charge in [0.25, 0.3) is 11.8 Å². The molecule has 11 heteroatoms. The molecule has 0 fully saturated rings. The summed E-state index contributed by atoms with van der Waals surface area (Å²) < 4.78 is 29.0. The topological polar surface area (TPSA) is 134 Å². The Kier molecular flexibility index (Phi) is 11.0. The number of nitrogens with two attached hydrogens (primary N) is 1. The highest BCUT2D eigenvalue weighted by Gasteiger charge is 2.43. The molecule has 5 aromatic rings. The zero-order valence-electron chi connectivity index (χ0n) is 28.2. The van der Waals surface area contributed by atoms with Crippen LogP contribution in [-0.4, -0.2) is 65.2 Å². The summed E-state index contributed by atoms with van der Waals surface area (Å²) >= 11 is 1.59. The summed E-state index contributed by atoms with van der Waals surface area (Å²) in [6.45, 7) is 5.61. The molecule has 2 atom stereocenters. The van der Waals surface area contributed by atoms with Crippen molar-refractivity contribution < 1.29 is 22.8 Å². The fraction of sp³-hybridized carbons (Fsp3) is 0.289. The van der Waals surface area contributed by atoms with Crippen molar-refractivity contribution in [2.75, 3.05) is 12.8 Å². The summed E-state index contributed by atoms with van der Waals surface area (Å²) in [4.78, 5) is 46.6. The molecule has 0 bridgehead atoms. The van der Waals surface area contributed by atoms with Crippen molar-refractivity contribution >= 4 is 50.0 Å². The molecule has 0 unspecified atom stereocenters. The molecule has 9 nitrogen and oxygen atoms in total. The number of carbonyl (C=O) groups excluding carboxylic acids is 3. The third-order valence-corrected chi connectivity index (χ3v) is 11.3. The molecule has 2 aromatic heterocycles. The number of thiophene rings is 1. The van der Waals surface area contributed by atoms with Gasteiger partial charge in [-0.2, -0.15) is 11.3 Å². The molecule has 0 spiro atoms. The monoisotopic (exact) mass is 698 g/mol. The number of likely N-dealkylation sites (N-methyl/N-ethyl adjacent to an activating group) is 1. The number of aryl methyl sites for hydroxylation is 2. The molecule has 3 N–H and O–H groups in total. The number of para-hydroxylation sites is 1. The van der Waals surface area contributed by atoms with Gasteiger partial charge in [-0.1, -0.05) is 73.0 Å². The van der Waals surface area contributed by atoms with Crippen molar-refractivity contribution in [1.29, 1.82) is 0 Å². The van der Waals surface area contributed by atoms with Crippen LogP contribution in [0.4, 0.5) is 0 Å². The summed E-state index contributed by atoms with van der Waals surface area (Å²) in [7, 11) is -2.86. The van der Waals surface area contributed by atoms with E-state index < -0.39 is 39.8 Å². The minimum atomic E-state index is -4.36. The van der Waals surface area contributed by atoms with Gasteiger partial charge in [-0.05, 0) is 77.5 Å². The lowest BCUT2D eigenvalue weighted by molar-refractivity contribution is -0.137. The molecule has 0 saturated heterocycles. The van der Waals surface area contributed by atoms with Gasteiger partial charge in [0.05, 0.1) is 5.75 Å². The quantitative estimate of drug-likeness (QED) is 0.141. The Hall–Kier alpha value is -4.74. The normalized spacial score (nSPS) is 12.8. The molecule has 3 aromatic carbocycles. The second-order valence-corrected chi connectivity index (χ2v) is 15.3. The maximum atomic E-state index is 14.9. The van der Waals surface area contributed by atoms with Gasteiger partial charge in [-0.3, -0.25) is 14.4 Å². The van der Waals surface area contributed by atoms with E-state index in [0.717, 1.165) is 38.7 Å². The number of carbonyl (C=O) groups is 3. The lowest BCUT2D eigenvalue weighted by Crippen LogP contribution is -2.59. The molecule has 256 valence electrons. The van der Waals surface area contributed by atoms with Crippen LogP contribution in [0.5, 0.6) is 0 Å². The van der Waals surface area contributed by atoms with Gasteiger partial charge in [0.15, 0.2) is 0 Å². The number of benzene rings is 3. The molecule has 2 heterocycles. The average molecular weight is 699 g/mol. The van der Waals surface area contributed by atoms with Crippen LogP contribution >= 0.6 is 11.3 Å². The Morgan fingerprint density at radius 2 is 1.59 bits per heavy atom. The van der Waals surface area contributed by atoms with E-state index in [1.165, 1.54) is 11.9 Å². The number of hydrogen-bond acceptors (Lipinski definition) is 6. The molecule has 49 heavy (non-hydrogen) atoms. The van der Waals surface area contributed by atoms with E-state index in [2.05, 4.69) is 4.98 Å². The lowest BCUT2D eigenvalue weighted by atomic mass is 9.99. The van der Waals surface area contributed by atoms with Crippen LogP contribution in [0.15, 0.2) is 89.8 Å². The third kappa shape index (κ3) is 8.12. The lowest BCUT2D eigenvalue weighted by Gasteiger charge is -2.35. The smallest absolute Gasteiger partial charge is 0.259 e. The van der Waals surface area contributed by atoms with E-state index in [1.54, 1.807) is 29.7 Å². The average Bonchev–Trinajstić information content (AvgIpc) is 3.76. The maximum Gasteiger partial charge on any atom is 0.259 e. The number of fused-ring (bicyclic) bond motifs is 1. The first-order valence-corrected chi connectivity index (χ1v) is 18.8. The van der Waals surface area contributed by atoms with Crippen LogP contribution in [0.2, 0.25) is 0 Å². The molecular weight excluding hydrogens is 657 g/mol. The van der Waals surface area contributed by atoms with Gasteiger partial charge in [-0.25, -0.2) is 12.7 Å². The van der Waals surface area contributed by atoms with Crippen molar-refractivity contribution in [1.82, 2.24) is 14.2 Å². The number of sulfonamides is 1. The SMILES string of the molecule is CCCCS(=O)(=O)N(C(=O)[C@@H](Cc1ccc(-c2ccsc2)cc1)N(C)C(=O)c1cc(C)cc(C)c1)[C@@H](Cc1c[nH]c2ccccc12)C(N)=O. The molecule has 0 aliphatic heterocycles. The van der Waals surface area contributed by atoms with Crippen molar-refractivity contribution in [3.05, 3.63) is 118 Å². The van der Waals surface area contributed by atoms with Gasteiger partial charge in [0.2, 0.25) is 15.9 Å². The van der Waals surface area contributed by atoms with Crippen LogP contribution < -0.4 is 5.73 Å². The molecule has 3 amide bonds. The molecule has 0 aliphatic carbocycles. The van der Waals surface area contributed by atoms with E-state index in [1.807, 2.05) is 92.2 Å². The van der Waals surface area contributed by atoms with Crippen LogP contribution in [0.1, 0.15) is 52.4 Å². The van der Waals surface area contributed by atoms with E-state index >= 15 is 0 Å². The predicted molar refractivity (Wildman–Crippen MR) is 196 cm³/mol. The Bertz CT molecular complexity index is 2030. The zero-order valence-corrected chi connectivity index (χ0v) is 29.8. The number of primary amides is 1. The van der Waals surface area contributed by atoms with Crippen LogP contribution in [0.25, 0.3) is 22.0 Å². The number of hydrogen-bond donors (Lipinski definition) is 2. The van der Waals surface area contributed by atoms with Crippen molar-refractivity contribution in [3.63, 3.8) is 0 Å². The number of H-pyrrole nitrogens is 1. The molecule has 0 radical (unpaired) electrons. The van der Waals surface area contributed by atoms with Gasteiger partial charge in [-0.15, -0.1) is 0 Å². The first-order chi connectivity index (χ1) is 23.4. The number of aromatic nitrogens is 1. The predicted octanol–water partition coefficient (Wildman–Crippen LogP) is 6.25. The van der Waals surface area contributed by atoms with E-state index in [4.69, 9.17) is 5.73 Å². The maximum absolute atomic E-state index is 14.9. The van der Waals surface area contributed by atoms with Gasteiger partial charge < -0.3 is 15.6 Å². The van der Waals surface area contributed by atoms with Gasteiger partial charge in [0, 0.05) is 42.6 Å². The van der Waals surface area contributed by atoms with Gasteiger partial charge >= 0.3 is 0 Å². The molecule has 0 aliphatic rings. The van der Waals surface area contributed by atoms with Crippen molar-refractivity contribution in [2.45, 2.75) is 58.5 Å². The van der Waals surface area contributed by atoms with E-state index in [-0.39, 0.29) is 25.0 Å². The fourth-order valence-electron chi connectivity index (χ4n) is 6.18. The Balaban J connectivity index is 1.59. The summed E-state index contributed by atoms with van der Waals surface area (Å²) in [5.74, 6) is -2.65. The largest absolute Gasteiger partial charge is 0.368 e. The number of amides is 3. The Morgan fingerprint density at radius 3 is 2.22 bits per heavy atom. The van der Waals surface area contributed by atoms with Crippen LogP contribution in [0, 0.1) is 13.8 Å². The number of unbranched alkanes of at least 4 members (excludes halogenated alkanes) is 1. The van der Waals surface area contributed by atoms with E-state index in [0.29, 0.717) is 21.9 Å². The number of rotatable bonds is 14. The number of nitrogens with one attached hydrogen (secondary N) is 1. The fourth-order valence-corrected chi connectivity index (χ4v) is 8.66. The van der Waals surface area contributed by atoms with Crippen molar-refractivity contribution in [3.8, 4) is 11.1 Å². The number of aromatic amines is 1. The van der Waals surface area contributed by atoms with E-state index in [9.17, 15) is 22.8 Å². The standard InChI is InChI=1S/C38H42N4O5S2/c1-5-6-17-49(46,47)42(34(36(39)43)22-31-23-40-33-10-8-7-9-32(31)33)38(45)35(41(4)37(44)30-19-25(2)18-26(3)20-30)21-27-11-13-28(14-12-27)29-15-16-48-24-29/h7-16,18-20,23-24,34-35,40H,5-6,17,21-22H2,1-4H3,(H2,39,43)/t34-,35+/m0/s1.